The lowest BCUT2D eigenvalue weighted by Gasteiger charge is -2.49. The van der Waals surface area contributed by atoms with Gasteiger partial charge in [-0.1, -0.05) is 54.6 Å². The van der Waals surface area contributed by atoms with Crippen LogP contribution in [0.15, 0.2) is 66.7 Å². The predicted octanol–water partition coefficient (Wildman–Crippen LogP) is 3.98. The van der Waals surface area contributed by atoms with Crippen molar-refractivity contribution in [2.75, 3.05) is 19.6 Å². The van der Waals surface area contributed by atoms with E-state index in [0.717, 1.165) is 21.9 Å². The van der Waals surface area contributed by atoms with Crippen LogP contribution in [0.5, 0.6) is 0 Å². The molecule has 3 aromatic carbocycles. The Kier molecular flexibility index (Phi) is 5.29. The van der Waals surface area contributed by atoms with Crippen LogP contribution in [0.3, 0.4) is 0 Å². The number of hydrogen-bond acceptors (Lipinski definition) is 2. The minimum atomic E-state index is -0.434. The zero-order valence-corrected chi connectivity index (χ0v) is 17.8. The Balaban J connectivity index is 1.32. The van der Waals surface area contributed by atoms with E-state index in [1.807, 2.05) is 29.2 Å². The van der Waals surface area contributed by atoms with Crippen LogP contribution in [0, 0.1) is 5.82 Å². The standard InChI is InChI=1S/C26H26FN3O2/c27-21-10-8-19(9-11-21)23-17-28-25(32)29-26(23)12-14-30(15-13-26)24(31)16-20-6-3-5-18-4-1-2-7-22(18)20/h1-11,23H,12-17H2,(H2,28,29,32)/t23-/m0/s1. The molecule has 0 bridgehead atoms. The van der Waals surface area contributed by atoms with Crippen molar-refractivity contribution in [1.29, 1.82) is 0 Å². The molecule has 164 valence electrons. The lowest BCUT2D eigenvalue weighted by molar-refractivity contribution is -0.132. The summed E-state index contributed by atoms with van der Waals surface area (Å²) in [6.07, 6.45) is 1.71. The third-order valence-corrected chi connectivity index (χ3v) is 7.00. The van der Waals surface area contributed by atoms with Crippen LogP contribution in [0.2, 0.25) is 0 Å². The van der Waals surface area contributed by atoms with E-state index in [0.29, 0.717) is 38.9 Å². The molecule has 0 aromatic heterocycles. The second kappa shape index (κ2) is 8.26. The van der Waals surface area contributed by atoms with E-state index in [9.17, 15) is 14.0 Å². The number of carbonyl (C=O) groups excluding carboxylic acids is 2. The number of likely N-dealkylation sites (tertiary alicyclic amines) is 1. The molecule has 2 aliphatic heterocycles. The van der Waals surface area contributed by atoms with Gasteiger partial charge in [-0.2, -0.15) is 0 Å². The number of carbonyl (C=O) groups is 2. The van der Waals surface area contributed by atoms with Gasteiger partial charge in [0.15, 0.2) is 0 Å². The van der Waals surface area contributed by atoms with Gasteiger partial charge in [-0.3, -0.25) is 4.79 Å². The Hall–Kier alpha value is -3.41. The van der Waals surface area contributed by atoms with Gasteiger partial charge in [-0.25, -0.2) is 9.18 Å². The van der Waals surface area contributed by atoms with Gasteiger partial charge >= 0.3 is 6.03 Å². The highest BCUT2D eigenvalue weighted by Crippen LogP contribution is 2.38. The second-order valence-corrected chi connectivity index (χ2v) is 8.79. The SMILES string of the molecule is O=C1NC[C@@H](c2ccc(F)cc2)C2(CCN(C(=O)Cc3cccc4ccccc34)CC2)N1. The van der Waals surface area contributed by atoms with Crippen LogP contribution in [0.1, 0.15) is 29.9 Å². The highest BCUT2D eigenvalue weighted by atomic mass is 19.1. The third kappa shape index (κ3) is 3.81. The molecule has 6 heteroatoms. The van der Waals surface area contributed by atoms with Gasteiger partial charge in [0.2, 0.25) is 5.91 Å². The molecule has 1 spiro atoms. The van der Waals surface area contributed by atoms with Crippen molar-refractivity contribution in [3.8, 4) is 0 Å². The first-order valence-corrected chi connectivity index (χ1v) is 11.1. The van der Waals surface area contributed by atoms with Crippen molar-refractivity contribution in [2.24, 2.45) is 0 Å². The number of piperidine rings is 1. The summed E-state index contributed by atoms with van der Waals surface area (Å²) in [5.41, 5.74) is 1.60. The molecule has 0 saturated carbocycles. The average Bonchev–Trinajstić information content (AvgIpc) is 2.81. The molecule has 2 saturated heterocycles. The van der Waals surface area contributed by atoms with E-state index < -0.39 is 5.54 Å². The zero-order chi connectivity index (χ0) is 22.1. The maximum absolute atomic E-state index is 13.4. The zero-order valence-electron chi connectivity index (χ0n) is 17.8. The van der Waals surface area contributed by atoms with Crippen LogP contribution < -0.4 is 10.6 Å². The number of rotatable bonds is 3. The summed E-state index contributed by atoms with van der Waals surface area (Å²) in [5, 5.41) is 8.27. The van der Waals surface area contributed by atoms with E-state index in [2.05, 4.69) is 28.8 Å². The summed E-state index contributed by atoms with van der Waals surface area (Å²) < 4.78 is 13.4. The predicted molar refractivity (Wildman–Crippen MR) is 122 cm³/mol. The molecule has 5 nitrogen and oxygen atoms in total. The van der Waals surface area contributed by atoms with E-state index >= 15 is 0 Å². The number of urea groups is 1. The summed E-state index contributed by atoms with van der Waals surface area (Å²) in [4.78, 5) is 27.2. The monoisotopic (exact) mass is 431 g/mol. The van der Waals surface area contributed by atoms with Crippen LogP contribution in [0.4, 0.5) is 9.18 Å². The molecule has 0 aliphatic carbocycles. The van der Waals surface area contributed by atoms with Gasteiger partial charge in [0.1, 0.15) is 5.82 Å². The molecular formula is C26H26FN3O2. The number of nitrogens with zero attached hydrogens (tertiary/aromatic N) is 1. The Labute approximate surface area is 186 Å². The molecule has 3 aromatic rings. The summed E-state index contributed by atoms with van der Waals surface area (Å²) in [6, 6.07) is 20.5. The maximum Gasteiger partial charge on any atom is 0.315 e. The first kappa shape index (κ1) is 20.5. The summed E-state index contributed by atoms with van der Waals surface area (Å²) in [6.45, 7) is 1.67. The summed E-state index contributed by atoms with van der Waals surface area (Å²) in [7, 11) is 0. The first-order valence-electron chi connectivity index (χ1n) is 11.1. The molecule has 3 amide bonds. The van der Waals surface area contributed by atoms with Crippen molar-refractivity contribution >= 4 is 22.7 Å². The van der Waals surface area contributed by atoms with E-state index in [1.165, 1.54) is 12.1 Å². The lowest BCUT2D eigenvalue weighted by atomic mass is 9.72. The normalized spacial score (nSPS) is 20.1. The summed E-state index contributed by atoms with van der Waals surface area (Å²) >= 11 is 0. The summed E-state index contributed by atoms with van der Waals surface area (Å²) in [5.74, 6) is -0.143. The molecule has 0 radical (unpaired) electrons. The van der Waals surface area contributed by atoms with Gasteiger partial charge in [0.25, 0.3) is 0 Å². The van der Waals surface area contributed by atoms with Gasteiger partial charge < -0.3 is 15.5 Å². The topological polar surface area (TPSA) is 61.4 Å². The minimum absolute atomic E-state index is 0.0242. The molecule has 2 heterocycles. The van der Waals surface area contributed by atoms with E-state index in [1.54, 1.807) is 12.1 Å². The van der Waals surface area contributed by atoms with Crippen molar-refractivity contribution in [3.63, 3.8) is 0 Å². The van der Waals surface area contributed by atoms with Crippen LogP contribution in [0.25, 0.3) is 10.8 Å². The highest BCUT2D eigenvalue weighted by molar-refractivity contribution is 5.90. The number of nitrogens with one attached hydrogen (secondary N) is 2. The molecule has 2 fully saturated rings. The largest absolute Gasteiger partial charge is 0.342 e. The second-order valence-electron chi connectivity index (χ2n) is 8.79. The molecule has 5 rings (SSSR count). The molecule has 2 N–H and O–H groups in total. The Morgan fingerprint density at radius 3 is 2.50 bits per heavy atom. The number of hydrogen-bond donors (Lipinski definition) is 2. The number of benzene rings is 3. The third-order valence-electron chi connectivity index (χ3n) is 7.00. The Bertz CT molecular complexity index is 1150. The molecule has 0 unspecified atom stereocenters. The van der Waals surface area contributed by atoms with Crippen molar-refractivity contribution in [2.45, 2.75) is 30.7 Å². The van der Waals surface area contributed by atoms with E-state index in [-0.39, 0.29) is 23.7 Å². The first-order chi connectivity index (χ1) is 15.5. The van der Waals surface area contributed by atoms with Gasteiger partial charge in [0, 0.05) is 25.6 Å². The fraction of sp³-hybridized carbons (Fsp3) is 0.308. The number of fused-ring (bicyclic) bond motifs is 1. The Morgan fingerprint density at radius 1 is 1.00 bits per heavy atom. The smallest absolute Gasteiger partial charge is 0.315 e. The minimum Gasteiger partial charge on any atom is -0.342 e. The van der Waals surface area contributed by atoms with Crippen molar-refractivity contribution in [1.82, 2.24) is 15.5 Å². The van der Waals surface area contributed by atoms with Crippen LogP contribution in [-0.2, 0) is 11.2 Å². The lowest BCUT2D eigenvalue weighted by Crippen LogP contribution is -2.66. The van der Waals surface area contributed by atoms with Gasteiger partial charge in [0.05, 0.1) is 12.0 Å². The van der Waals surface area contributed by atoms with Crippen molar-refractivity contribution in [3.05, 3.63) is 83.7 Å². The quantitative estimate of drug-likeness (QED) is 0.659. The maximum atomic E-state index is 13.4. The average molecular weight is 432 g/mol. The highest BCUT2D eigenvalue weighted by Gasteiger charge is 2.46. The number of amides is 3. The molecule has 2 aliphatic rings. The fourth-order valence-electron chi connectivity index (χ4n) is 5.23. The van der Waals surface area contributed by atoms with Crippen LogP contribution >= 0.6 is 0 Å². The van der Waals surface area contributed by atoms with E-state index in [4.69, 9.17) is 0 Å². The van der Waals surface area contributed by atoms with Crippen molar-refractivity contribution < 1.29 is 14.0 Å². The van der Waals surface area contributed by atoms with Crippen LogP contribution in [-0.4, -0.2) is 42.0 Å². The number of halogens is 1. The molecule has 1 atom stereocenters. The van der Waals surface area contributed by atoms with Gasteiger partial charge in [-0.05, 0) is 46.9 Å². The Morgan fingerprint density at radius 2 is 1.72 bits per heavy atom. The fourth-order valence-corrected chi connectivity index (χ4v) is 5.23. The molecule has 32 heavy (non-hydrogen) atoms. The van der Waals surface area contributed by atoms with Gasteiger partial charge in [-0.15, -0.1) is 0 Å². The molecular weight excluding hydrogens is 405 g/mol.